The minimum absolute atomic E-state index is 0.0627. The molecule has 0 amide bonds. The molecule has 4 nitrogen and oxygen atoms in total. The van der Waals surface area contributed by atoms with Gasteiger partial charge in [-0.25, -0.2) is 9.97 Å². The summed E-state index contributed by atoms with van der Waals surface area (Å²) in [5.41, 5.74) is 2.04. The fourth-order valence-electron chi connectivity index (χ4n) is 1.91. The maximum absolute atomic E-state index is 5.34. The molecule has 0 saturated heterocycles. The number of fused-ring (bicyclic) bond motifs is 1. The number of nitrogens with one attached hydrogen (secondary N) is 1. The summed E-state index contributed by atoms with van der Waals surface area (Å²) in [5.74, 6) is 0.798. The first kappa shape index (κ1) is 14.3. The van der Waals surface area contributed by atoms with Gasteiger partial charge in [-0.3, -0.25) is 0 Å². The van der Waals surface area contributed by atoms with Crippen LogP contribution in [0.5, 0.6) is 5.75 Å². The Morgan fingerprint density at radius 2 is 1.95 bits per heavy atom. The lowest BCUT2D eigenvalue weighted by Crippen LogP contribution is -2.11. The van der Waals surface area contributed by atoms with Crippen LogP contribution in [0.2, 0.25) is 0 Å². The lowest BCUT2D eigenvalue weighted by Gasteiger charge is -2.14. The second-order valence-electron chi connectivity index (χ2n) is 5.74. The van der Waals surface area contributed by atoms with Gasteiger partial charge in [-0.1, -0.05) is 38.2 Å². The average molecular weight is 319 g/mol. The van der Waals surface area contributed by atoms with Crippen molar-refractivity contribution in [2.45, 2.75) is 26.2 Å². The molecule has 0 saturated carbocycles. The molecule has 0 aliphatic rings. The fourth-order valence-corrected chi connectivity index (χ4v) is 3.79. The van der Waals surface area contributed by atoms with E-state index in [1.807, 2.05) is 18.2 Å². The normalized spacial score (nSPS) is 11.8. The van der Waals surface area contributed by atoms with Crippen molar-refractivity contribution in [3.8, 4) is 5.75 Å². The molecule has 2 heterocycles. The van der Waals surface area contributed by atoms with E-state index in [1.165, 1.54) is 0 Å². The first-order chi connectivity index (χ1) is 9.97. The minimum Gasteiger partial charge on any atom is -0.494 e. The van der Waals surface area contributed by atoms with Gasteiger partial charge in [0.15, 0.2) is 10.3 Å². The van der Waals surface area contributed by atoms with E-state index in [0.717, 1.165) is 31.9 Å². The van der Waals surface area contributed by atoms with Crippen molar-refractivity contribution in [1.82, 2.24) is 9.97 Å². The number of para-hydroxylation sites is 1. The summed E-state index contributed by atoms with van der Waals surface area (Å²) in [6, 6.07) is 5.94. The number of rotatable bonds is 3. The molecule has 0 aliphatic carbocycles. The van der Waals surface area contributed by atoms with Crippen molar-refractivity contribution in [2.75, 3.05) is 12.4 Å². The molecule has 1 aromatic carbocycles. The summed E-state index contributed by atoms with van der Waals surface area (Å²) in [7, 11) is 1.66. The van der Waals surface area contributed by atoms with Crippen LogP contribution < -0.4 is 10.1 Å². The molecular formula is C15H17N3OS2. The maximum atomic E-state index is 5.34. The van der Waals surface area contributed by atoms with E-state index in [-0.39, 0.29) is 5.41 Å². The molecule has 3 aromatic rings. The Hall–Kier alpha value is -1.66. The largest absolute Gasteiger partial charge is 0.494 e. The highest BCUT2D eigenvalue weighted by Gasteiger charge is 2.18. The van der Waals surface area contributed by atoms with Gasteiger partial charge in [-0.05, 0) is 12.1 Å². The Kier molecular flexibility index (Phi) is 3.59. The fraction of sp³-hybridized carbons (Fsp3) is 0.333. The molecule has 0 bridgehead atoms. The van der Waals surface area contributed by atoms with Crippen LogP contribution in [0.15, 0.2) is 23.6 Å². The van der Waals surface area contributed by atoms with Gasteiger partial charge in [0.05, 0.1) is 17.5 Å². The first-order valence-corrected chi connectivity index (χ1v) is 8.33. The van der Waals surface area contributed by atoms with E-state index >= 15 is 0 Å². The second kappa shape index (κ2) is 5.27. The SMILES string of the molecule is COc1cccc2sc(Nc3nc(C(C)(C)C)cs3)nc12. The molecule has 21 heavy (non-hydrogen) atoms. The second-order valence-corrected chi connectivity index (χ2v) is 7.63. The van der Waals surface area contributed by atoms with Gasteiger partial charge in [0.25, 0.3) is 0 Å². The van der Waals surface area contributed by atoms with Crippen molar-refractivity contribution >= 4 is 43.2 Å². The van der Waals surface area contributed by atoms with Crippen LogP contribution in [0.4, 0.5) is 10.3 Å². The van der Waals surface area contributed by atoms with Gasteiger partial charge >= 0.3 is 0 Å². The van der Waals surface area contributed by atoms with Crippen LogP contribution in [0.3, 0.4) is 0 Å². The van der Waals surface area contributed by atoms with Gasteiger partial charge < -0.3 is 10.1 Å². The Bertz CT molecular complexity index is 771. The molecule has 0 unspecified atom stereocenters. The Morgan fingerprint density at radius 3 is 2.62 bits per heavy atom. The smallest absolute Gasteiger partial charge is 0.190 e. The Labute approximate surface area is 131 Å². The third-order valence-corrected chi connectivity index (χ3v) is 4.78. The molecule has 110 valence electrons. The number of hydrogen-bond acceptors (Lipinski definition) is 6. The predicted octanol–water partition coefficient (Wildman–Crippen LogP) is 4.80. The number of anilines is 2. The topological polar surface area (TPSA) is 47.0 Å². The van der Waals surface area contributed by atoms with Crippen molar-refractivity contribution in [3.63, 3.8) is 0 Å². The number of methoxy groups -OCH3 is 1. The molecule has 1 N–H and O–H groups in total. The maximum Gasteiger partial charge on any atom is 0.190 e. The highest BCUT2D eigenvalue weighted by Crippen LogP contribution is 2.34. The molecule has 0 atom stereocenters. The number of thiazole rings is 2. The van der Waals surface area contributed by atoms with E-state index in [4.69, 9.17) is 4.74 Å². The van der Waals surface area contributed by atoms with E-state index in [1.54, 1.807) is 29.8 Å². The van der Waals surface area contributed by atoms with Crippen LogP contribution in [-0.4, -0.2) is 17.1 Å². The molecule has 0 aliphatic heterocycles. The Balaban J connectivity index is 1.90. The van der Waals surface area contributed by atoms with Crippen molar-refractivity contribution in [3.05, 3.63) is 29.3 Å². The third-order valence-electron chi connectivity index (χ3n) is 3.09. The predicted molar refractivity (Wildman–Crippen MR) is 90.3 cm³/mol. The first-order valence-electron chi connectivity index (χ1n) is 6.64. The van der Waals surface area contributed by atoms with Crippen molar-refractivity contribution in [1.29, 1.82) is 0 Å². The van der Waals surface area contributed by atoms with Crippen LogP contribution in [0.1, 0.15) is 26.5 Å². The van der Waals surface area contributed by atoms with Crippen LogP contribution in [-0.2, 0) is 5.41 Å². The zero-order chi connectivity index (χ0) is 15.0. The standard InChI is InChI=1S/C15H17N3OS2/c1-15(2,3)11-8-20-13(16-11)18-14-17-12-9(19-4)6-5-7-10(12)21-14/h5-8H,1-4H3,(H,16,17,18). The highest BCUT2D eigenvalue weighted by atomic mass is 32.1. The number of ether oxygens (including phenoxy) is 1. The lowest BCUT2D eigenvalue weighted by atomic mass is 9.93. The van der Waals surface area contributed by atoms with E-state index in [9.17, 15) is 0 Å². The molecule has 0 radical (unpaired) electrons. The molecular weight excluding hydrogens is 302 g/mol. The van der Waals surface area contributed by atoms with E-state index in [2.05, 4.69) is 41.4 Å². The van der Waals surface area contributed by atoms with Gasteiger partial charge in [-0.2, -0.15) is 0 Å². The van der Waals surface area contributed by atoms with Crippen molar-refractivity contribution in [2.24, 2.45) is 0 Å². The van der Waals surface area contributed by atoms with Crippen LogP contribution in [0.25, 0.3) is 10.2 Å². The summed E-state index contributed by atoms with van der Waals surface area (Å²) in [4.78, 5) is 9.23. The summed E-state index contributed by atoms with van der Waals surface area (Å²) in [6.07, 6.45) is 0. The molecule has 2 aromatic heterocycles. The van der Waals surface area contributed by atoms with Gasteiger partial charge in [0.2, 0.25) is 0 Å². The van der Waals surface area contributed by atoms with Crippen LogP contribution >= 0.6 is 22.7 Å². The lowest BCUT2D eigenvalue weighted by molar-refractivity contribution is 0.419. The summed E-state index contributed by atoms with van der Waals surface area (Å²) in [5, 5.41) is 7.10. The Morgan fingerprint density at radius 1 is 1.14 bits per heavy atom. The number of nitrogens with zero attached hydrogens (tertiary/aromatic N) is 2. The van der Waals surface area contributed by atoms with Gasteiger partial charge in [-0.15, -0.1) is 11.3 Å². The van der Waals surface area contributed by atoms with Crippen molar-refractivity contribution < 1.29 is 4.74 Å². The highest BCUT2D eigenvalue weighted by molar-refractivity contribution is 7.22. The van der Waals surface area contributed by atoms with Gasteiger partial charge in [0.1, 0.15) is 11.3 Å². The van der Waals surface area contributed by atoms with E-state index < -0.39 is 0 Å². The number of aromatic nitrogens is 2. The van der Waals surface area contributed by atoms with Gasteiger partial charge in [0, 0.05) is 10.8 Å². The van der Waals surface area contributed by atoms with Crippen LogP contribution in [0, 0.1) is 0 Å². The summed E-state index contributed by atoms with van der Waals surface area (Å²) in [6.45, 7) is 6.48. The number of benzene rings is 1. The zero-order valence-corrected chi connectivity index (χ0v) is 14.1. The summed E-state index contributed by atoms with van der Waals surface area (Å²) >= 11 is 3.21. The average Bonchev–Trinajstić information content (AvgIpc) is 3.03. The third kappa shape index (κ3) is 2.87. The zero-order valence-electron chi connectivity index (χ0n) is 12.4. The quantitative estimate of drug-likeness (QED) is 0.753. The summed E-state index contributed by atoms with van der Waals surface area (Å²) < 4.78 is 6.44. The monoisotopic (exact) mass is 319 g/mol. The molecule has 6 heteroatoms. The van der Waals surface area contributed by atoms with E-state index in [0.29, 0.717) is 0 Å². The molecule has 0 fully saturated rings. The number of hydrogen-bond donors (Lipinski definition) is 1. The minimum atomic E-state index is 0.0627. The molecule has 3 rings (SSSR count). The molecule has 0 spiro atoms.